The van der Waals surface area contributed by atoms with Gasteiger partial charge in [0.25, 0.3) is 5.91 Å². The zero-order valence-corrected chi connectivity index (χ0v) is 15.2. The molecule has 0 N–H and O–H groups in total. The molecule has 0 heterocycles. The zero-order chi connectivity index (χ0) is 19.4. The number of carbonyl (C=O) groups is 3. The molecule has 0 atom stereocenters. The molecule has 140 valence electrons. The first-order chi connectivity index (χ1) is 12.5. The van der Waals surface area contributed by atoms with Crippen LogP contribution in [0.3, 0.4) is 0 Å². The van der Waals surface area contributed by atoms with Gasteiger partial charge in [-0.05, 0) is 30.7 Å². The lowest BCUT2D eigenvalue weighted by atomic mass is 10.1. The molecule has 1 rings (SSSR count). The molecule has 0 saturated carbocycles. The minimum Gasteiger partial charge on any atom is -0.494 e. The number of carbonyl (C=O) groups excluding carboxylic acids is 3. The monoisotopic (exact) mass is 360 g/mol. The Morgan fingerprint density at radius 1 is 1.15 bits per heavy atom. The summed E-state index contributed by atoms with van der Waals surface area (Å²) >= 11 is 0. The standard InChI is InChI=1S/C19H24N2O5/c1-3-13-25-16-7-5-15(6-8-16)17(22)9-10-19(24)26-14-18(23)21(2)12-4-11-20/h5-8H,3-4,9-10,12-14H2,1-2H3. The Labute approximate surface area is 153 Å². The van der Waals surface area contributed by atoms with Gasteiger partial charge in [0.05, 0.1) is 25.5 Å². The molecule has 0 fully saturated rings. The van der Waals surface area contributed by atoms with Crippen molar-refractivity contribution in [2.75, 3.05) is 26.8 Å². The number of nitrogens with zero attached hydrogens (tertiary/aromatic N) is 2. The molecule has 1 aromatic carbocycles. The van der Waals surface area contributed by atoms with Crippen molar-refractivity contribution in [1.29, 1.82) is 5.26 Å². The molecular weight excluding hydrogens is 336 g/mol. The Kier molecular flexibility index (Phi) is 9.47. The average Bonchev–Trinajstić information content (AvgIpc) is 2.66. The second-order valence-electron chi connectivity index (χ2n) is 5.68. The Hall–Kier alpha value is -2.88. The third-order valence-electron chi connectivity index (χ3n) is 3.55. The van der Waals surface area contributed by atoms with Gasteiger partial charge < -0.3 is 14.4 Å². The molecule has 0 aliphatic rings. The summed E-state index contributed by atoms with van der Waals surface area (Å²) in [5.74, 6) is -0.478. The summed E-state index contributed by atoms with van der Waals surface area (Å²) in [6.45, 7) is 2.51. The molecule has 0 bridgehead atoms. The van der Waals surface area contributed by atoms with Crippen LogP contribution >= 0.6 is 0 Å². The van der Waals surface area contributed by atoms with Crippen LogP contribution in [0.5, 0.6) is 5.75 Å². The Morgan fingerprint density at radius 2 is 1.85 bits per heavy atom. The topological polar surface area (TPSA) is 96.7 Å². The highest BCUT2D eigenvalue weighted by atomic mass is 16.5. The SMILES string of the molecule is CCCOc1ccc(C(=O)CCC(=O)OCC(=O)N(C)CCC#N)cc1. The quantitative estimate of drug-likeness (QED) is 0.444. The fourth-order valence-corrected chi connectivity index (χ4v) is 1.98. The van der Waals surface area contributed by atoms with Crippen LogP contribution in [-0.2, 0) is 14.3 Å². The molecule has 7 heteroatoms. The number of ether oxygens (including phenoxy) is 2. The van der Waals surface area contributed by atoms with Crippen LogP contribution < -0.4 is 4.74 Å². The number of rotatable bonds is 11. The molecule has 0 spiro atoms. The fourth-order valence-electron chi connectivity index (χ4n) is 1.98. The molecule has 0 unspecified atom stereocenters. The largest absolute Gasteiger partial charge is 0.494 e. The van der Waals surface area contributed by atoms with Gasteiger partial charge in [-0.15, -0.1) is 0 Å². The van der Waals surface area contributed by atoms with Gasteiger partial charge in [0.15, 0.2) is 12.4 Å². The van der Waals surface area contributed by atoms with E-state index in [1.54, 1.807) is 24.3 Å². The van der Waals surface area contributed by atoms with Crippen molar-refractivity contribution >= 4 is 17.7 Å². The molecule has 7 nitrogen and oxygen atoms in total. The van der Waals surface area contributed by atoms with E-state index in [1.807, 2.05) is 13.0 Å². The molecule has 0 aromatic heterocycles. The first kappa shape index (κ1) is 21.2. The van der Waals surface area contributed by atoms with E-state index in [-0.39, 0.29) is 37.5 Å². The van der Waals surface area contributed by atoms with Crippen molar-refractivity contribution in [3.63, 3.8) is 0 Å². The zero-order valence-electron chi connectivity index (χ0n) is 15.2. The van der Waals surface area contributed by atoms with Gasteiger partial charge in [0, 0.05) is 25.6 Å². The highest BCUT2D eigenvalue weighted by molar-refractivity contribution is 5.97. The Morgan fingerprint density at radius 3 is 2.46 bits per heavy atom. The molecule has 0 aliphatic carbocycles. The summed E-state index contributed by atoms with van der Waals surface area (Å²) in [6, 6.07) is 8.69. The van der Waals surface area contributed by atoms with Gasteiger partial charge in [0.1, 0.15) is 5.75 Å². The maximum Gasteiger partial charge on any atom is 0.306 e. The smallest absolute Gasteiger partial charge is 0.306 e. The summed E-state index contributed by atoms with van der Waals surface area (Å²) in [6.07, 6.45) is 1.03. The van der Waals surface area contributed by atoms with Crippen molar-refractivity contribution in [3.05, 3.63) is 29.8 Å². The molecule has 0 radical (unpaired) electrons. The van der Waals surface area contributed by atoms with Crippen LogP contribution in [0.4, 0.5) is 0 Å². The number of likely N-dealkylation sites (N-methyl/N-ethyl adjacent to an activating group) is 1. The van der Waals surface area contributed by atoms with Crippen molar-refractivity contribution in [3.8, 4) is 11.8 Å². The molecule has 26 heavy (non-hydrogen) atoms. The fraction of sp³-hybridized carbons (Fsp3) is 0.474. The van der Waals surface area contributed by atoms with E-state index in [9.17, 15) is 14.4 Å². The third-order valence-corrected chi connectivity index (χ3v) is 3.55. The minimum absolute atomic E-state index is 0.00641. The number of ketones is 1. The molecule has 1 amide bonds. The van der Waals surface area contributed by atoms with Crippen LogP contribution in [0.15, 0.2) is 24.3 Å². The van der Waals surface area contributed by atoms with Gasteiger partial charge in [-0.1, -0.05) is 6.92 Å². The number of Topliss-reactive ketones (excluding diaryl/α,β-unsaturated/α-hetero) is 1. The summed E-state index contributed by atoms with van der Waals surface area (Å²) in [5, 5.41) is 8.47. The van der Waals surface area contributed by atoms with Crippen molar-refractivity contribution in [2.45, 2.75) is 32.6 Å². The van der Waals surface area contributed by atoms with E-state index in [0.29, 0.717) is 17.9 Å². The molecule has 1 aromatic rings. The van der Waals surface area contributed by atoms with Crippen LogP contribution in [0.2, 0.25) is 0 Å². The van der Waals surface area contributed by atoms with E-state index >= 15 is 0 Å². The van der Waals surface area contributed by atoms with E-state index < -0.39 is 12.6 Å². The highest BCUT2D eigenvalue weighted by Gasteiger charge is 2.14. The van der Waals surface area contributed by atoms with Gasteiger partial charge in [-0.3, -0.25) is 14.4 Å². The number of hydrogen-bond donors (Lipinski definition) is 0. The number of benzene rings is 1. The lowest BCUT2D eigenvalue weighted by Crippen LogP contribution is -2.31. The van der Waals surface area contributed by atoms with E-state index in [0.717, 1.165) is 6.42 Å². The first-order valence-electron chi connectivity index (χ1n) is 8.50. The Balaban J connectivity index is 2.34. The lowest BCUT2D eigenvalue weighted by Gasteiger charge is -2.15. The second-order valence-corrected chi connectivity index (χ2v) is 5.68. The minimum atomic E-state index is -0.608. The first-order valence-corrected chi connectivity index (χ1v) is 8.50. The van der Waals surface area contributed by atoms with Gasteiger partial charge in [-0.25, -0.2) is 0 Å². The number of hydrogen-bond acceptors (Lipinski definition) is 6. The Bertz CT molecular complexity index is 649. The molecule has 0 saturated heterocycles. The predicted molar refractivity (Wildman–Crippen MR) is 94.6 cm³/mol. The lowest BCUT2D eigenvalue weighted by molar-refractivity contribution is -0.151. The van der Waals surface area contributed by atoms with Gasteiger partial charge in [-0.2, -0.15) is 5.26 Å². The number of nitriles is 1. The van der Waals surface area contributed by atoms with E-state index in [2.05, 4.69) is 0 Å². The van der Waals surface area contributed by atoms with Crippen LogP contribution in [0.1, 0.15) is 43.0 Å². The van der Waals surface area contributed by atoms with Crippen molar-refractivity contribution in [2.24, 2.45) is 0 Å². The van der Waals surface area contributed by atoms with Crippen molar-refractivity contribution in [1.82, 2.24) is 4.90 Å². The summed E-state index contributed by atoms with van der Waals surface area (Å²) < 4.78 is 10.3. The maximum atomic E-state index is 12.1. The molecule has 0 aliphatic heterocycles. The summed E-state index contributed by atoms with van der Waals surface area (Å²) in [7, 11) is 1.53. The molecular formula is C19H24N2O5. The number of amides is 1. The summed E-state index contributed by atoms with van der Waals surface area (Å²) in [5.41, 5.74) is 0.494. The van der Waals surface area contributed by atoms with Crippen LogP contribution in [0, 0.1) is 11.3 Å². The van der Waals surface area contributed by atoms with Crippen LogP contribution in [-0.4, -0.2) is 49.4 Å². The van der Waals surface area contributed by atoms with Gasteiger partial charge in [0.2, 0.25) is 0 Å². The average molecular weight is 360 g/mol. The third kappa shape index (κ3) is 7.79. The van der Waals surface area contributed by atoms with Crippen molar-refractivity contribution < 1.29 is 23.9 Å². The summed E-state index contributed by atoms with van der Waals surface area (Å²) in [4.78, 5) is 36.8. The van der Waals surface area contributed by atoms with E-state index in [1.165, 1.54) is 11.9 Å². The van der Waals surface area contributed by atoms with Gasteiger partial charge >= 0.3 is 5.97 Å². The van der Waals surface area contributed by atoms with Crippen LogP contribution in [0.25, 0.3) is 0 Å². The van der Waals surface area contributed by atoms with E-state index in [4.69, 9.17) is 14.7 Å². The normalized spacial score (nSPS) is 9.88. The predicted octanol–water partition coefficient (Wildman–Crippen LogP) is 2.35. The highest BCUT2D eigenvalue weighted by Crippen LogP contribution is 2.14. The maximum absolute atomic E-state index is 12.1. The second kappa shape index (κ2) is 11.6. The number of esters is 1.